The smallest absolute Gasteiger partial charge is 0.275 e. The number of nitro benzene ring substituents is 1. The van der Waals surface area contributed by atoms with Gasteiger partial charge in [0.1, 0.15) is 0 Å². The summed E-state index contributed by atoms with van der Waals surface area (Å²) >= 11 is 0. The minimum atomic E-state index is -0.482. The molecule has 6 heteroatoms. The molecule has 1 atom stereocenters. The molecule has 0 fully saturated rings. The van der Waals surface area contributed by atoms with Crippen LogP contribution in [0.2, 0.25) is 0 Å². The third-order valence-electron chi connectivity index (χ3n) is 3.04. The molecule has 0 heterocycles. The fraction of sp³-hybridized carbons (Fsp3) is 0.538. The first-order chi connectivity index (χ1) is 9.04. The average Bonchev–Trinajstić information content (AvgIpc) is 2.39. The van der Waals surface area contributed by atoms with Crippen LogP contribution in [0.25, 0.3) is 0 Å². The molecule has 0 saturated heterocycles. The van der Waals surface area contributed by atoms with E-state index in [0.29, 0.717) is 12.2 Å². The lowest BCUT2D eigenvalue weighted by molar-refractivity contribution is -0.385. The van der Waals surface area contributed by atoms with Crippen molar-refractivity contribution in [1.29, 1.82) is 0 Å². The van der Waals surface area contributed by atoms with Gasteiger partial charge in [0, 0.05) is 31.5 Å². The van der Waals surface area contributed by atoms with Gasteiger partial charge in [-0.3, -0.25) is 10.1 Å². The Balaban J connectivity index is 3.09. The Labute approximate surface area is 112 Å². The van der Waals surface area contributed by atoms with Crippen LogP contribution in [0.3, 0.4) is 0 Å². The third kappa shape index (κ3) is 3.65. The molecule has 0 radical (unpaired) electrons. The molecule has 1 aromatic carbocycles. The summed E-state index contributed by atoms with van der Waals surface area (Å²) in [4.78, 5) is 12.4. The summed E-state index contributed by atoms with van der Waals surface area (Å²) in [5, 5.41) is 20.1. The Morgan fingerprint density at radius 3 is 2.68 bits per heavy atom. The Hall–Kier alpha value is -1.66. The van der Waals surface area contributed by atoms with Crippen molar-refractivity contribution in [2.24, 2.45) is 0 Å². The molecule has 0 amide bonds. The summed E-state index contributed by atoms with van der Waals surface area (Å²) in [6.07, 6.45) is 0. The number of likely N-dealkylation sites (N-methyl/N-ethyl adjacent to an activating group) is 1. The van der Waals surface area contributed by atoms with Crippen molar-refractivity contribution in [2.75, 3.05) is 25.2 Å². The normalized spacial score (nSPS) is 12.2. The molecule has 19 heavy (non-hydrogen) atoms. The highest BCUT2D eigenvalue weighted by Gasteiger charge is 2.18. The maximum Gasteiger partial charge on any atom is 0.275 e. The van der Waals surface area contributed by atoms with E-state index in [1.54, 1.807) is 19.2 Å². The number of ether oxygens (including phenoxy) is 1. The van der Waals surface area contributed by atoms with Crippen LogP contribution in [-0.4, -0.2) is 36.3 Å². The molecule has 0 aliphatic heterocycles. The summed E-state index contributed by atoms with van der Waals surface area (Å²) in [6.45, 7) is 5.01. The van der Waals surface area contributed by atoms with Gasteiger partial charge in [-0.15, -0.1) is 0 Å². The van der Waals surface area contributed by atoms with E-state index in [0.717, 1.165) is 12.2 Å². The lowest BCUT2D eigenvalue weighted by atomic mass is 10.1. The van der Waals surface area contributed by atoms with Gasteiger partial charge in [-0.05, 0) is 26.0 Å². The molecule has 0 aliphatic carbocycles. The molecule has 6 nitrogen and oxygen atoms in total. The number of benzene rings is 1. The predicted molar refractivity (Wildman–Crippen MR) is 73.4 cm³/mol. The number of hydrogen-bond donors (Lipinski definition) is 1. The van der Waals surface area contributed by atoms with E-state index >= 15 is 0 Å². The first kappa shape index (κ1) is 15.4. The van der Waals surface area contributed by atoms with E-state index in [-0.39, 0.29) is 18.3 Å². The number of nitrogens with zero attached hydrogens (tertiary/aromatic N) is 2. The van der Waals surface area contributed by atoms with Gasteiger partial charge in [-0.1, -0.05) is 0 Å². The lowest BCUT2D eigenvalue weighted by Gasteiger charge is -2.30. The maximum atomic E-state index is 10.8. The molecular formula is C13H20N2O4. The number of hydrogen-bond acceptors (Lipinski definition) is 5. The molecule has 0 aliphatic rings. The van der Waals surface area contributed by atoms with Gasteiger partial charge in [-0.2, -0.15) is 0 Å². The van der Waals surface area contributed by atoms with Gasteiger partial charge < -0.3 is 14.7 Å². The number of aliphatic hydroxyl groups is 1. The van der Waals surface area contributed by atoms with Crippen LogP contribution in [0.5, 0.6) is 0 Å². The molecule has 0 spiro atoms. The fourth-order valence-electron chi connectivity index (χ4n) is 2.14. The zero-order valence-electron chi connectivity index (χ0n) is 11.5. The minimum Gasteiger partial charge on any atom is -0.391 e. The van der Waals surface area contributed by atoms with Crippen LogP contribution in [0.4, 0.5) is 11.4 Å². The van der Waals surface area contributed by atoms with E-state index in [4.69, 9.17) is 4.74 Å². The van der Waals surface area contributed by atoms with Gasteiger partial charge >= 0.3 is 0 Å². The molecular weight excluding hydrogens is 248 g/mol. The van der Waals surface area contributed by atoms with E-state index in [1.807, 2.05) is 13.8 Å². The highest BCUT2D eigenvalue weighted by Crippen LogP contribution is 2.26. The third-order valence-corrected chi connectivity index (χ3v) is 3.04. The molecule has 106 valence electrons. The van der Waals surface area contributed by atoms with Gasteiger partial charge in [0.15, 0.2) is 0 Å². The van der Waals surface area contributed by atoms with Crippen molar-refractivity contribution in [1.82, 2.24) is 0 Å². The van der Waals surface area contributed by atoms with Crippen LogP contribution in [0.15, 0.2) is 18.2 Å². The fourth-order valence-corrected chi connectivity index (χ4v) is 2.14. The number of nitro groups is 1. The predicted octanol–water partition coefficient (Wildman–Crippen LogP) is 1.95. The van der Waals surface area contributed by atoms with E-state index in [9.17, 15) is 15.2 Å². The average molecular weight is 268 g/mol. The first-order valence-corrected chi connectivity index (χ1v) is 6.18. The van der Waals surface area contributed by atoms with Crippen LogP contribution >= 0.6 is 0 Å². The zero-order valence-corrected chi connectivity index (χ0v) is 11.5. The van der Waals surface area contributed by atoms with Gasteiger partial charge in [0.2, 0.25) is 0 Å². The first-order valence-electron chi connectivity index (χ1n) is 6.18. The monoisotopic (exact) mass is 268 g/mol. The van der Waals surface area contributed by atoms with Gasteiger partial charge in [0.05, 0.1) is 23.7 Å². The van der Waals surface area contributed by atoms with Crippen molar-refractivity contribution in [2.45, 2.75) is 26.5 Å². The summed E-state index contributed by atoms with van der Waals surface area (Å²) < 4.78 is 5.13. The molecule has 0 aromatic heterocycles. The molecule has 0 bridgehead atoms. The second-order valence-corrected chi connectivity index (χ2v) is 4.32. The summed E-state index contributed by atoms with van der Waals surface area (Å²) in [5.41, 5.74) is 1.12. The topological polar surface area (TPSA) is 75.8 Å². The number of anilines is 1. The van der Waals surface area contributed by atoms with Crippen LogP contribution in [-0.2, 0) is 11.3 Å². The number of methoxy groups -OCH3 is 1. The minimum absolute atomic E-state index is 0.0540. The van der Waals surface area contributed by atoms with Crippen molar-refractivity contribution in [3.8, 4) is 0 Å². The van der Waals surface area contributed by atoms with Crippen molar-refractivity contribution >= 4 is 11.4 Å². The summed E-state index contributed by atoms with van der Waals surface area (Å²) in [6, 6.07) is 4.95. The summed E-state index contributed by atoms with van der Waals surface area (Å²) in [7, 11) is 1.64. The Morgan fingerprint density at radius 2 is 2.21 bits per heavy atom. The van der Waals surface area contributed by atoms with Crippen LogP contribution in [0.1, 0.15) is 19.4 Å². The SMILES string of the molecule is CCN(c1ccc([N+](=O)[O-])c(CO)c1)C(C)COC. The molecule has 1 rings (SSSR count). The Kier molecular flexibility index (Phi) is 5.72. The second-order valence-electron chi connectivity index (χ2n) is 4.32. The molecule has 1 N–H and O–H groups in total. The molecule has 1 unspecified atom stereocenters. The number of aliphatic hydroxyl groups excluding tert-OH is 1. The van der Waals surface area contributed by atoms with E-state index < -0.39 is 4.92 Å². The van der Waals surface area contributed by atoms with Crippen LogP contribution < -0.4 is 4.90 Å². The molecule has 1 aromatic rings. The van der Waals surface area contributed by atoms with Gasteiger partial charge in [-0.25, -0.2) is 0 Å². The quantitative estimate of drug-likeness (QED) is 0.604. The maximum absolute atomic E-state index is 10.8. The zero-order chi connectivity index (χ0) is 14.4. The lowest BCUT2D eigenvalue weighted by Crippen LogP contribution is -2.36. The Bertz CT molecular complexity index is 437. The van der Waals surface area contributed by atoms with E-state index in [2.05, 4.69) is 4.90 Å². The highest BCUT2D eigenvalue weighted by atomic mass is 16.6. The second kappa shape index (κ2) is 7.06. The Morgan fingerprint density at radius 1 is 1.53 bits per heavy atom. The number of rotatable bonds is 7. The van der Waals surface area contributed by atoms with Crippen LogP contribution in [0, 0.1) is 10.1 Å². The largest absolute Gasteiger partial charge is 0.391 e. The standard InChI is InChI=1S/C13H20N2O4/c1-4-14(10(2)9-19-3)12-5-6-13(15(17)18)11(7-12)8-16/h5-7,10,16H,4,8-9H2,1-3H3. The summed E-state index contributed by atoms with van der Waals surface area (Å²) in [5.74, 6) is 0. The van der Waals surface area contributed by atoms with Gasteiger partial charge in [0.25, 0.3) is 5.69 Å². The van der Waals surface area contributed by atoms with Crippen molar-refractivity contribution in [3.63, 3.8) is 0 Å². The van der Waals surface area contributed by atoms with E-state index in [1.165, 1.54) is 6.07 Å². The van der Waals surface area contributed by atoms with Crippen molar-refractivity contribution < 1.29 is 14.8 Å². The highest BCUT2D eigenvalue weighted by molar-refractivity contribution is 5.56. The molecule has 0 saturated carbocycles. The van der Waals surface area contributed by atoms with Crippen molar-refractivity contribution in [3.05, 3.63) is 33.9 Å².